The third kappa shape index (κ3) is 5.49. The number of aromatic hydroxyl groups is 2. The van der Waals surface area contributed by atoms with Crippen LogP contribution in [0.1, 0.15) is 40.7 Å². The highest BCUT2D eigenvalue weighted by atomic mass is 35.5. The molecule has 4 aromatic rings. The second-order valence-electron chi connectivity index (χ2n) is 9.86. The number of rotatable bonds is 8. The summed E-state index contributed by atoms with van der Waals surface area (Å²) in [6.07, 6.45) is 0. The molecule has 222 valence electrons. The van der Waals surface area contributed by atoms with Crippen LogP contribution in [0.2, 0.25) is 5.02 Å². The fourth-order valence-electron chi connectivity index (χ4n) is 4.82. The van der Waals surface area contributed by atoms with E-state index in [2.05, 4.69) is 0 Å². The van der Waals surface area contributed by atoms with Crippen molar-refractivity contribution in [3.63, 3.8) is 0 Å². The first-order chi connectivity index (χ1) is 19.8. The van der Waals surface area contributed by atoms with Gasteiger partial charge in [0.15, 0.2) is 21.0 Å². The zero-order chi connectivity index (χ0) is 31.0. The molecule has 42 heavy (non-hydrogen) atoms. The zero-order valence-corrected chi connectivity index (χ0v) is 26.4. The van der Waals surface area contributed by atoms with Crippen molar-refractivity contribution in [1.29, 1.82) is 0 Å². The van der Waals surface area contributed by atoms with E-state index >= 15 is 0 Å². The van der Waals surface area contributed by atoms with E-state index in [4.69, 9.17) is 45.5 Å². The molecule has 4 rings (SSSR count). The molecule has 13 heteroatoms. The summed E-state index contributed by atoms with van der Waals surface area (Å²) in [6, 6.07) is 10.9. The summed E-state index contributed by atoms with van der Waals surface area (Å²) in [4.78, 5) is 27.4. The summed E-state index contributed by atoms with van der Waals surface area (Å²) >= 11 is 17.4. The molecule has 0 fully saturated rings. The smallest absolute Gasteiger partial charge is 0.262 e. The first-order valence-electron chi connectivity index (χ1n) is 12.9. The molecular weight excluding hydrogens is 600 g/mol. The quantitative estimate of drug-likeness (QED) is 0.268. The van der Waals surface area contributed by atoms with Crippen molar-refractivity contribution in [2.75, 3.05) is 6.61 Å². The predicted octanol–water partition coefficient (Wildman–Crippen LogP) is 4.75. The molecule has 0 saturated heterocycles. The van der Waals surface area contributed by atoms with Gasteiger partial charge in [-0.25, -0.2) is 0 Å². The SMILES string of the molecule is CCOc1cc(C(c2c(O)n(C)c(=S)n(C)c2=O)c2c(O)n(C)c(=S)n(C)c2=O)cc(Cl)c1OCc1cccc(C)c1. The van der Waals surface area contributed by atoms with Gasteiger partial charge in [0, 0.05) is 28.2 Å². The van der Waals surface area contributed by atoms with Crippen LogP contribution < -0.4 is 20.6 Å². The Bertz CT molecular complexity index is 1860. The summed E-state index contributed by atoms with van der Waals surface area (Å²) in [7, 11) is 5.89. The van der Waals surface area contributed by atoms with E-state index in [0.29, 0.717) is 0 Å². The van der Waals surface area contributed by atoms with Crippen molar-refractivity contribution >= 4 is 36.0 Å². The Kier molecular flexibility index (Phi) is 9.00. The maximum absolute atomic E-state index is 13.7. The summed E-state index contributed by atoms with van der Waals surface area (Å²) < 4.78 is 16.9. The number of benzene rings is 2. The van der Waals surface area contributed by atoms with E-state index in [9.17, 15) is 19.8 Å². The second-order valence-corrected chi connectivity index (χ2v) is 11.0. The highest BCUT2D eigenvalue weighted by Gasteiger charge is 2.33. The Hall–Kier alpha value is -3.87. The van der Waals surface area contributed by atoms with E-state index in [-0.39, 0.29) is 56.0 Å². The first kappa shape index (κ1) is 31.1. The van der Waals surface area contributed by atoms with Gasteiger partial charge >= 0.3 is 0 Å². The van der Waals surface area contributed by atoms with Crippen LogP contribution in [0, 0.1) is 16.5 Å². The highest BCUT2D eigenvalue weighted by Crippen LogP contribution is 2.44. The number of aryl methyl sites for hydroxylation is 1. The fourth-order valence-corrected chi connectivity index (χ4v) is 5.43. The van der Waals surface area contributed by atoms with Gasteiger partial charge in [-0.15, -0.1) is 0 Å². The van der Waals surface area contributed by atoms with E-state index in [1.54, 1.807) is 13.0 Å². The molecular formula is C29H31ClN4O6S2. The molecule has 0 atom stereocenters. The average Bonchev–Trinajstić information content (AvgIpc) is 2.96. The Morgan fingerprint density at radius 3 is 1.90 bits per heavy atom. The Labute approximate surface area is 257 Å². The fraction of sp³-hybridized carbons (Fsp3) is 0.310. The van der Waals surface area contributed by atoms with Crippen LogP contribution in [-0.2, 0) is 34.8 Å². The Morgan fingerprint density at radius 1 is 0.857 bits per heavy atom. The minimum absolute atomic E-state index is 0.0523. The van der Waals surface area contributed by atoms with Gasteiger partial charge in [0.2, 0.25) is 11.8 Å². The van der Waals surface area contributed by atoms with Crippen molar-refractivity contribution in [2.24, 2.45) is 28.2 Å². The molecule has 2 N–H and O–H groups in total. The number of hydrogen-bond donors (Lipinski definition) is 2. The van der Waals surface area contributed by atoms with Crippen molar-refractivity contribution < 1.29 is 19.7 Å². The third-order valence-corrected chi connectivity index (χ3v) is 8.42. The van der Waals surface area contributed by atoms with Crippen LogP contribution in [0.5, 0.6) is 23.3 Å². The number of nitrogens with zero attached hydrogens (tertiary/aromatic N) is 4. The molecule has 0 spiro atoms. The van der Waals surface area contributed by atoms with Crippen molar-refractivity contribution in [3.05, 3.63) is 99.5 Å². The maximum atomic E-state index is 13.7. The average molecular weight is 631 g/mol. The number of halogens is 1. The Morgan fingerprint density at radius 2 is 1.40 bits per heavy atom. The van der Waals surface area contributed by atoms with E-state index < -0.39 is 28.8 Å². The van der Waals surface area contributed by atoms with Crippen LogP contribution in [0.3, 0.4) is 0 Å². The summed E-state index contributed by atoms with van der Waals surface area (Å²) in [5, 5.41) is 22.6. The molecule has 0 saturated carbocycles. The molecule has 0 radical (unpaired) electrons. The van der Waals surface area contributed by atoms with Crippen molar-refractivity contribution in [1.82, 2.24) is 18.3 Å². The van der Waals surface area contributed by atoms with Gasteiger partial charge in [-0.05, 0) is 61.5 Å². The molecule has 2 aromatic heterocycles. The van der Waals surface area contributed by atoms with Gasteiger partial charge in [0.05, 0.1) is 28.7 Å². The van der Waals surface area contributed by atoms with E-state index in [1.807, 2.05) is 31.2 Å². The molecule has 10 nitrogen and oxygen atoms in total. The van der Waals surface area contributed by atoms with Gasteiger partial charge in [0.25, 0.3) is 11.1 Å². The van der Waals surface area contributed by atoms with Gasteiger partial charge in [-0.1, -0.05) is 41.4 Å². The van der Waals surface area contributed by atoms with Gasteiger partial charge < -0.3 is 19.7 Å². The number of ether oxygens (including phenoxy) is 2. The van der Waals surface area contributed by atoms with Crippen molar-refractivity contribution in [3.8, 4) is 23.3 Å². The van der Waals surface area contributed by atoms with Crippen molar-refractivity contribution in [2.45, 2.75) is 26.4 Å². The van der Waals surface area contributed by atoms with Crippen LogP contribution >= 0.6 is 36.0 Å². The minimum atomic E-state index is -1.31. The summed E-state index contributed by atoms with van der Waals surface area (Å²) in [5.74, 6) is -1.76. The first-order valence-corrected chi connectivity index (χ1v) is 14.1. The van der Waals surface area contributed by atoms with Gasteiger partial charge in [-0.3, -0.25) is 27.9 Å². The standard InChI is InChI=1S/C29H31ClN4O6S2/c1-7-39-19-13-17(12-18(30)23(19)40-14-16-10-8-9-15(2)11-16)20(21-24(35)31(3)28(41)32(4)25(21)36)22-26(37)33(5)29(42)34(6)27(22)38/h8-13,20,35,37H,7,14H2,1-6H3. The van der Waals surface area contributed by atoms with Gasteiger partial charge in [-0.2, -0.15) is 0 Å². The van der Waals surface area contributed by atoms with E-state index in [0.717, 1.165) is 11.1 Å². The highest BCUT2D eigenvalue weighted by molar-refractivity contribution is 7.71. The normalized spacial score (nSPS) is 11.2. The number of hydrogen-bond acceptors (Lipinski definition) is 8. The predicted molar refractivity (Wildman–Crippen MR) is 165 cm³/mol. The lowest BCUT2D eigenvalue weighted by Gasteiger charge is -2.24. The molecule has 0 bridgehead atoms. The minimum Gasteiger partial charge on any atom is -0.494 e. The second kappa shape index (κ2) is 12.2. The largest absolute Gasteiger partial charge is 0.494 e. The molecule has 0 aliphatic carbocycles. The van der Waals surface area contributed by atoms with E-state index in [1.165, 1.54) is 52.5 Å². The summed E-state index contributed by atoms with van der Waals surface area (Å²) in [6.45, 7) is 4.23. The van der Waals surface area contributed by atoms with Crippen LogP contribution in [0.4, 0.5) is 0 Å². The lowest BCUT2D eigenvalue weighted by atomic mass is 9.86. The number of aromatic nitrogens is 4. The maximum Gasteiger partial charge on any atom is 0.262 e. The molecule has 2 aromatic carbocycles. The lowest BCUT2D eigenvalue weighted by molar-refractivity contribution is 0.269. The molecule has 2 heterocycles. The van der Waals surface area contributed by atoms with Crippen LogP contribution in [-0.4, -0.2) is 35.1 Å². The van der Waals surface area contributed by atoms with Crippen LogP contribution in [0.15, 0.2) is 46.0 Å². The Balaban J connectivity index is 2.05. The zero-order valence-electron chi connectivity index (χ0n) is 24.0. The monoisotopic (exact) mass is 630 g/mol. The van der Waals surface area contributed by atoms with Gasteiger partial charge in [0.1, 0.15) is 6.61 Å². The molecule has 0 unspecified atom stereocenters. The topological polar surface area (TPSA) is 113 Å². The van der Waals surface area contributed by atoms with Crippen LogP contribution in [0.25, 0.3) is 0 Å². The third-order valence-electron chi connectivity index (χ3n) is 7.04. The molecule has 0 amide bonds. The lowest BCUT2D eigenvalue weighted by Crippen LogP contribution is -2.33. The molecule has 0 aliphatic rings. The summed E-state index contributed by atoms with van der Waals surface area (Å²) in [5.41, 5.74) is 0.535. The molecule has 0 aliphatic heterocycles.